The Morgan fingerprint density at radius 2 is 1.95 bits per heavy atom. The van der Waals surface area contributed by atoms with E-state index in [0.29, 0.717) is 19.3 Å². The molecular formula is C14H24N2O3. The van der Waals surface area contributed by atoms with Gasteiger partial charge in [-0.3, -0.25) is 9.59 Å². The molecule has 19 heavy (non-hydrogen) atoms. The Labute approximate surface area is 114 Å². The second-order valence-electron chi connectivity index (χ2n) is 6.03. The summed E-state index contributed by atoms with van der Waals surface area (Å²) in [5.41, 5.74) is -0.791. The molecule has 2 fully saturated rings. The van der Waals surface area contributed by atoms with Crippen LogP contribution in [0.2, 0.25) is 0 Å². The van der Waals surface area contributed by atoms with Gasteiger partial charge in [0.1, 0.15) is 5.54 Å². The zero-order valence-electron chi connectivity index (χ0n) is 11.9. The van der Waals surface area contributed by atoms with Crippen LogP contribution < -0.4 is 5.32 Å². The van der Waals surface area contributed by atoms with Crippen LogP contribution in [0.4, 0.5) is 0 Å². The van der Waals surface area contributed by atoms with Crippen LogP contribution in [0.25, 0.3) is 0 Å². The molecule has 0 spiro atoms. The van der Waals surface area contributed by atoms with Gasteiger partial charge in [-0.05, 0) is 26.7 Å². The molecule has 1 N–H and O–H groups in total. The van der Waals surface area contributed by atoms with Crippen molar-refractivity contribution >= 4 is 11.8 Å². The Morgan fingerprint density at radius 1 is 1.26 bits per heavy atom. The van der Waals surface area contributed by atoms with Gasteiger partial charge in [-0.15, -0.1) is 0 Å². The summed E-state index contributed by atoms with van der Waals surface area (Å²) in [6.07, 6.45) is 6.37. The second-order valence-corrected chi connectivity index (χ2v) is 6.03. The maximum atomic E-state index is 12.1. The van der Waals surface area contributed by atoms with Crippen LogP contribution in [-0.2, 0) is 14.3 Å². The molecule has 5 nitrogen and oxygen atoms in total. The minimum atomic E-state index is -0.791. The summed E-state index contributed by atoms with van der Waals surface area (Å²) < 4.78 is 5.81. The number of ether oxygens (including phenoxy) is 1. The first kappa shape index (κ1) is 14.3. The van der Waals surface area contributed by atoms with Gasteiger partial charge < -0.3 is 15.0 Å². The lowest BCUT2D eigenvalue weighted by molar-refractivity contribution is -0.149. The predicted octanol–water partition coefficient (Wildman–Crippen LogP) is 1.07. The fraction of sp³-hybridized carbons (Fsp3) is 0.857. The predicted molar refractivity (Wildman–Crippen MR) is 71.6 cm³/mol. The smallest absolute Gasteiger partial charge is 0.248 e. The van der Waals surface area contributed by atoms with Gasteiger partial charge in [0, 0.05) is 6.54 Å². The minimum absolute atomic E-state index is 0.0284. The van der Waals surface area contributed by atoms with Gasteiger partial charge >= 0.3 is 0 Å². The molecule has 2 aliphatic rings. The first-order valence-corrected chi connectivity index (χ1v) is 7.21. The lowest BCUT2D eigenvalue weighted by Crippen LogP contribution is -2.64. The fourth-order valence-corrected chi connectivity index (χ4v) is 2.82. The molecule has 1 saturated carbocycles. The average molecular weight is 268 g/mol. The first-order valence-electron chi connectivity index (χ1n) is 7.21. The zero-order chi connectivity index (χ0) is 13.9. The van der Waals surface area contributed by atoms with E-state index >= 15 is 0 Å². The summed E-state index contributed by atoms with van der Waals surface area (Å²) in [6.45, 7) is 4.66. The van der Waals surface area contributed by atoms with Crippen LogP contribution in [0.1, 0.15) is 46.0 Å². The maximum Gasteiger partial charge on any atom is 0.248 e. The van der Waals surface area contributed by atoms with Crippen molar-refractivity contribution in [2.75, 3.05) is 19.7 Å². The molecule has 5 heteroatoms. The van der Waals surface area contributed by atoms with E-state index in [1.165, 1.54) is 19.3 Å². The van der Waals surface area contributed by atoms with Crippen LogP contribution in [0, 0.1) is 0 Å². The molecule has 1 aliphatic heterocycles. The Kier molecular flexibility index (Phi) is 4.45. The number of amides is 2. The number of hydrogen-bond donors (Lipinski definition) is 1. The summed E-state index contributed by atoms with van der Waals surface area (Å²) in [6, 6.07) is 0. The zero-order valence-corrected chi connectivity index (χ0v) is 11.9. The third kappa shape index (κ3) is 3.69. The number of rotatable bonds is 4. The van der Waals surface area contributed by atoms with E-state index in [9.17, 15) is 9.59 Å². The normalized spacial score (nSPS) is 24.4. The molecule has 0 aromatic rings. The Hall–Kier alpha value is -1.10. The third-order valence-electron chi connectivity index (χ3n) is 3.88. The van der Waals surface area contributed by atoms with E-state index in [1.807, 2.05) is 0 Å². The standard InChI is InChI=1S/C14H24N2O3/c1-14(2)13(18)16(10-12(17)15-14)8-9-19-11-6-4-3-5-7-11/h11H,3-10H2,1-2H3,(H,15,17). The molecule has 0 atom stereocenters. The highest BCUT2D eigenvalue weighted by atomic mass is 16.5. The van der Waals surface area contributed by atoms with Gasteiger partial charge in [0.15, 0.2) is 0 Å². The minimum Gasteiger partial charge on any atom is -0.376 e. The van der Waals surface area contributed by atoms with Gasteiger partial charge in [-0.25, -0.2) is 0 Å². The Morgan fingerprint density at radius 3 is 2.63 bits per heavy atom. The molecule has 2 amide bonds. The molecule has 1 heterocycles. The molecule has 0 aromatic heterocycles. The van der Waals surface area contributed by atoms with Crippen molar-refractivity contribution in [2.45, 2.75) is 57.6 Å². The molecule has 2 rings (SSSR count). The number of carbonyl (C=O) groups is 2. The van der Waals surface area contributed by atoms with Crippen LogP contribution in [-0.4, -0.2) is 48.1 Å². The molecule has 0 bridgehead atoms. The summed E-state index contributed by atoms with van der Waals surface area (Å²) in [5, 5.41) is 2.70. The SMILES string of the molecule is CC1(C)NC(=O)CN(CCOC2CCCCC2)C1=O. The highest BCUT2D eigenvalue weighted by Crippen LogP contribution is 2.20. The van der Waals surface area contributed by atoms with Crippen molar-refractivity contribution in [1.29, 1.82) is 0 Å². The highest BCUT2D eigenvalue weighted by molar-refractivity contribution is 5.97. The molecule has 0 aromatic carbocycles. The average Bonchev–Trinajstić information content (AvgIpc) is 2.36. The lowest BCUT2D eigenvalue weighted by Gasteiger charge is -2.37. The van der Waals surface area contributed by atoms with Crippen LogP contribution >= 0.6 is 0 Å². The lowest BCUT2D eigenvalue weighted by atomic mass is 9.98. The summed E-state index contributed by atoms with van der Waals surface area (Å²) >= 11 is 0. The number of piperazine rings is 1. The Balaban J connectivity index is 1.78. The molecule has 0 unspecified atom stereocenters. The van der Waals surface area contributed by atoms with Gasteiger partial charge in [-0.1, -0.05) is 19.3 Å². The van der Waals surface area contributed by atoms with E-state index in [-0.39, 0.29) is 18.4 Å². The van der Waals surface area contributed by atoms with Crippen molar-refractivity contribution in [3.8, 4) is 0 Å². The van der Waals surface area contributed by atoms with Crippen LogP contribution in [0.15, 0.2) is 0 Å². The summed E-state index contributed by atoms with van der Waals surface area (Å²) in [5.74, 6) is -0.124. The van der Waals surface area contributed by atoms with Crippen molar-refractivity contribution in [2.24, 2.45) is 0 Å². The monoisotopic (exact) mass is 268 g/mol. The quantitative estimate of drug-likeness (QED) is 0.830. The second kappa shape index (κ2) is 5.90. The van der Waals surface area contributed by atoms with Crippen molar-refractivity contribution in [3.05, 3.63) is 0 Å². The van der Waals surface area contributed by atoms with Crippen LogP contribution in [0.3, 0.4) is 0 Å². The maximum absolute atomic E-state index is 12.1. The van der Waals surface area contributed by atoms with E-state index in [4.69, 9.17) is 4.74 Å². The van der Waals surface area contributed by atoms with Gasteiger partial charge in [-0.2, -0.15) is 0 Å². The number of carbonyl (C=O) groups excluding carboxylic acids is 2. The van der Waals surface area contributed by atoms with Crippen molar-refractivity contribution < 1.29 is 14.3 Å². The molecular weight excluding hydrogens is 244 g/mol. The van der Waals surface area contributed by atoms with E-state index in [0.717, 1.165) is 12.8 Å². The molecule has 0 radical (unpaired) electrons. The van der Waals surface area contributed by atoms with Crippen molar-refractivity contribution in [1.82, 2.24) is 10.2 Å². The van der Waals surface area contributed by atoms with E-state index in [1.54, 1.807) is 18.7 Å². The summed E-state index contributed by atoms with van der Waals surface area (Å²) in [4.78, 5) is 25.3. The fourth-order valence-electron chi connectivity index (χ4n) is 2.82. The van der Waals surface area contributed by atoms with E-state index < -0.39 is 5.54 Å². The van der Waals surface area contributed by atoms with Crippen LogP contribution in [0.5, 0.6) is 0 Å². The molecule has 1 aliphatic carbocycles. The van der Waals surface area contributed by atoms with Gasteiger partial charge in [0.25, 0.3) is 0 Å². The third-order valence-corrected chi connectivity index (χ3v) is 3.88. The highest BCUT2D eigenvalue weighted by Gasteiger charge is 2.38. The topological polar surface area (TPSA) is 58.6 Å². The number of nitrogens with one attached hydrogen (secondary N) is 1. The number of hydrogen-bond acceptors (Lipinski definition) is 3. The van der Waals surface area contributed by atoms with Crippen molar-refractivity contribution in [3.63, 3.8) is 0 Å². The largest absolute Gasteiger partial charge is 0.376 e. The summed E-state index contributed by atoms with van der Waals surface area (Å²) in [7, 11) is 0. The van der Waals surface area contributed by atoms with Gasteiger partial charge in [0.05, 0.1) is 19.3 Å². The number of nitrogens with zero attached hydrogens (tertiary/aromatic N) is 1. The van der Waals surface area contributed by atoms with Gasteiger partial charge in [0.2, 0.25) is 11.8 Å². The van der Waals surface area contributed by atoms with E-state index in [2.05, 4.69) is 5.32 Å². The molecule has 108 valence electrons. The first-order chi connectivity index (χ1) is 8.99. The Bertz CT molecular complexity index is 349. The molecule has 1 saturated heterocycles.